The molecule has 7 heteroatoms. The van der Waals surface area contributed by atoms with Gasteiger partial charge in [0.2, 0.25) is 0 Å². The van der Waals surface area contributed by atoms with Crippen molar-refractivity contribution in [3.8, 4) is 5.75 Å². The molecule has 0 saturated heterocycles. The number of rotatable bonds is 5. The molecule has 2 aromatic carbocycles. The standard InChI is InChI=1S/C19H16Cl2N2O3/c1-11-14(20)7-5-8-16(11)22-19(24)18-13(12(2)26-23-18)10-25-17-9-4-3-6-15(17)21/h3-9H,10H2,1-2H3,(H,22,24). The van der Waals surface area contributed by atoms with E-state index in [9.17, 15) is 4.79 Å². The van der Waals surface area contributed by atoms with Crippen molar-refractivity contribution in [2.45, 2.75) is 20.5 Å². The number of benzene rings is 2. The van der Waals surface area contributed by atoms with Crippen LogP contribution in [0.1, 0.15) is 27.4 Å². The molecule has 3 aromatic rings. The van der Waals surface area contributed by atoms with Crippen LogP contribution in [0.4, 0.5) is 5.69 Å². The second-order valence-corrected chi connectivity index (χ2v) is 6.47. The van der Waals surface area contributed by atoms with Gasteiger partial charge < -0.3 is 14.6 Å². The minimum atomic E-state index is -0.398. The molecule has 1 heterocycles. The molecule has 0 saturated carbocycles. The summed E-state index contributed by atoms with van der Waals surface area (Å²) in [6.45, 7) is 3.66. The number of ether oxygens (including phenoxy) is 1. The molecule has 1 aromatic heterocycles. The van der Waals surface area contributed by atoms with E-state index in [1.165, 1.54) is 0 Å². The van der Waals surface area contributed by atoms with E-state index < -0.39 is 5.91 Å². The molecule has 3 rings (SSSR count). The number of anilines is 1. The van der Waals surface area contributed by atoms with Crippen molar-refractivity contribution in [3.05, 3.63) is 75.1 Å². The minimum absolute atomic E-state index is 0.107. The van der Waals surface area contributed by atoms with Crippen LogP contribution in [0, 0.1) is 13.8 Å². The zero-order chi connectivity index (χ0) is 18.7. The van der Waals surface area contributed by atoms with Gasteiger partial charge in [-0.05, 0) is 43.7 Å². The number of aromatic nitrogens is 1. The van der Waals surface area contributed by atoms with Crippen LogP contribution in [0.5, 0.6) is 5.75 Å². The summed E-state index contributed by atoms with van der Waals surface area (Å²) in [5.41, 5.74) is 2.11. The van der Waals surface area contributed by atoms with Gasteiger partial charge in [-0.2, -0.15) is 0 Å². The Balaban J connectivity index is 1.80. The molecule has 1 N–H and O–H groups in total. The van der Waals surface area contributed by atoms with E-state index in [1.807, 2.05) is 19.1 Å². The first-order valence-corrected chi connectivity index (χ1v) is 8.62. The van der Waals surface area contributed by atoms with Crippen LogP contribution >= 0.6 is 23.2 Å². The van der Waals surface area contributed by atoms with Crippen molar-refractivity contribution < 1.29 is 14.1 Å². The lowest BCUT2D eigenvalue weighted by molar-refractivity contribution is 0.101. The van der Waals surface area contributed by atoms with Crippen molar-refractivity contribution in [1.29, 1.82) is 0 Å². The fraction of sp³-hybridized carbons (Fsp3) is 0.158. The first-order valence-electron chi connectivity index (χ1n) is 7.86. The number of carbonyl (C=O) groups is 1. The van der Waals surface area contributed by atoms with Gasteiger partial charge in [0.05, 0.1) is 10.6 Å². The number of amides is 1. The Hall–Kier alpha value is -2.50. The minimum Gasteiger partial charge on any atom is -0.487 e. The van der Waals surface area contributed by atoms with Gasteiger partial charge >= 0.3 is 0 Å². The van der Waals surface area contributed by atoms with Crippen LogP contribution < -0.4 is 10.1 Å². The molecule has 0 atom stereocenters. The average Bonchev–Trinajstić information content (AvgIpc) is 2.99. The molecule has 1 amide bonds. The van der Waals surface area contributed by atoms with E-state index in [-0.39, 0.29) is 12.3 Å². The van der Waals surface area contributed by atoms with Gasteiger partial charge in [-0.15, -0.1) is 0 Å². The summed E-state index contributed by atoms with van der Waals surface area (Å²) in [4.78, 5) is 12.6. The lowest BCUT2D eigenvalue weighted by Gasteiger charge is -2.10. The lowest BCUT2D eigenvalue weighted by Crippen LogP contribution is -2.16. The quantitative estimate of drug-likeness (QED) is 0.630. The van der Waals surface area contributed by atoms with Crippen molar-refractivity contribution in [2.75, 3.05) is 5.32 Å². The number of nitrogens with zero attached hydrogens (tertiary/aromatic N) is 1. The van der Waals surface area contributed by atoms with Gasteiger partial charge in [0.25, 0.3) is 5.91 Å². The maximum Gasteiger partial charge on any atom is 0.278 e. The Morgan fingerprint density at radius 1 is 1.12 bits per heavy atom. The average molecular weight is 391 g/mol. The van der Waals surface area contributed by atoms with E-state index in [4.69, 9.17) is 32.5 Å². The summed E-state index contributed by atoms with van der Waals surface area (Å²) >= 11 is 12.2. The topological polar surface area (TPSA) is 64.4 Å². The Labute approximate surface area is 160 Å². The molecule has 0 aliphatic carbocycles. The van der Waals surface area contributed by atoms with E-state index in [1.54, 1.807) is 37.3 Å². The normalized spacial score (nSPS) is 10.6. The van der Waals surface area contributed by atoms with Crippen LogP contribution in [0.25, 0.3) is 0 Å². The summed E-state index contributed by atoms with van der Waals surface area (Å²) < 4.78 is 10.9. The molecule has 0 aliphatic rings. The Morgan fingerprint density at radius 2 is 1.85 bits per heavy atom. The Morgan fingerprint density at radius 3 is 2.62 bits per heavy atom. The zero-order valence-electron chi connectivity index (χ0n) is 14.2. The third-order valence-corrected chi connectivity index (χ3v) is 4.65. The summed E-state index contributed by atoms with van der Waals surface area (Å²) in [6, 6.07) is 12.4. The second-order valence-electron chi connectivity index (χ2n) is 5.65. The van der Waals surface area contributed by atoms with Crippen LogP contribution in [0.15, 0.2) is 47.0 Å². The fourth-order valence-corrected chi connectivity index (χ4v) is 2.74. The highest BCUT2D eigenvalue weighted by Crippen LogP contribution is 2.27. The third kappa shape index (κ3) is 3.84. The monoisotopic (exact) mass is 390 g/mol. The van der Waals surface area contributed by atoms with E-state index in [0.29, 0.717) is 32.8 Å². The summed E-state index contributed by atoms with van der Waals surface area (Å²) in [7, 11) is 0. The summed E-state index contributed by atoms with van der Waals surface area (Å²) in [5.74, 6) is 0.627. The summed E-state index contributed by atoms with van der Waals surface area (Å²) in [6.07, 6.45) is 0. The van der Waals surface area contributed by atoms with E-state index in [2.05, 4.69) is 10.5 Å². The highest BCUT2D eigenvalue weighted by Gasteiger charge is 2.21. The maximum absolute atomic E-state index is 12.6. The van der Waals surface area contributed by atoms with Crippen LogP contribution in [-0.4, -0.2) is 11.1 Å². The molecular formula is C19H16Cl2N2O3. The molecule has 26 heavy (non-hydrogen) atoms. The number of halogens is 2. The molecule has 0 radical (unpaired) electrons. The second kappa shape index (κ2) is 7.81. The van der Waals surface area contributed by atoms with Gasteiger partial charge in [0.15, 0.2) is 5.69 Å². The maximum atomic E-state index is 12.6. The smallest absolute Gasteiger partial charge is 0.278 e. The predicted octanol–water partition coefficient (Wildman–Crippen LogP) is 5.43. The molecule has 134 valence electrons. The first-order chi connectivity index (χ1) is 12.5. The number of carbonyl (C=O) groups excluding carboxylic acids is 1. The largest absolute Gasteiger partial charge is 0.487 e. The van der Waals surface area contributed by atoms with Crippen molar-refractivity contribution >= 4 is 34.8 Å². The molecule has 0 spiro atoms. The fourth-order valence-electron chi connectivity index (χ4n) is 2.38. The Bertz CT molecular complexity index is 954. The number of nitrogens with one attached hydrogen (secondary N) is 1. The van der Waals surface area contributed by atoms with Gasteiger partial charge in [-0.25, -0.2) is 0 Å². The molecule has 0 fully saturated rings. The van der Waals surface area contributed by atoms with E-state index in [0.717, 1.165) is 5.56 Å². The van der Waals surface area contributed by atoms with Crippen LogP contribution in [0.3, 0.4) is 0 Å². The molecule has 0 bridgehead atoms. The number of aryl methyl sites for hydroxylation is 1. The molecule has 0 aliphatic heterocycles. The van der Waals surface area contributed by atoms with Gasteiger partial charge in [-0.1, -0.05) is 46.6 Å². The van der Waals surface area contributed by atoms with Crippen LogP contribution in [-0.2, 0) is 6.61 Å². The highest BCUT2D eigenvalue weighted by molar-refractivity contribution is 6.32. The van der Waals surface area contributed by atoms with Crippen molar-refractivity contribution in [3.63, 3.8) is 0 Å². The Kier molecular flexibility index (Phi) is 5.49. The molecule has 5 nitrogen and oxygen atoms in total. The lowest BCUT2D eigenvalue weighted by atomic mass is 10.1. The van der Waals surface area contributed by atoms with Crippen molar-refractivity contribution in [1.82, 2.24) is 5.16 Å². The molecular weight excluding hydrogens is 375 g/mol. The first kappa shape index (κ1) is 18.3. The highest BCUT2D eigenvalue weighted by atomic mass is 35.5. The van der Waals surface area contributed by atoms with Gasteiger partial charge in [-0.3, -0.25) is 4.79 Å². The number of hydrogen-bond donors (Lipinski definition) is 1. The zero-order valence-corrected chi connectivity index (χ0v) is 15.7. The predicted molar refractivity (Wildman–Crippen MR) is 101 cm³/mol. The third-order valence-electron chi connectivity index (χ3n) is 3.92. The number of para-hydroxylation sites is 1. The number of hydrogen-bond acceptors (Lipinski definition) is 4. The molecule has 0 unspecified atom stereocenters. The van der Waals surface area contributed by atoms with Gasteiger partial charge in [0.1, 0.15) is 18.1 Å². The van der Waals surface area contributed by atoms with Crippen LogP contribution in [0.2, 0.25) is 10.0 Å². The van der Waals surface area contributed by atoms with E-state index >= 15 is 0 Å². The SMILES string of the molecule is Cc1onc(C(=O)Nc2cccc(Cl)c2C)c1COc1ccccc1Cl. The summed E-state index contributed by atoms with van der Waals surface area (Å²) in [5, 5.41) is 7.73. The van der Waals surface area contributed by atoms with Crippen molar-refractivity contribution in [2.24, 2.45) is 0 Å². The van der Waals surface area contributed by atoms with Gasteiger partial charge in [0, 0.05) is 10.7 Å².